The number of ether oxygens (including phenoxy) is 1. The van der Waals surface area contributed by atoms with Gasteiger partial charge in [0.2, 0.25) is 11.8 Å². The monoisotopic (exact) mass is 296 g/mol. The van der Waals surface area contributed by atoms with Crippen molar-refractivity contribution in [3.8, 4) is 5.75 Å². The van der Waals surface area contributed by atoms with Crippen molar-refractivity contribution in [3.05, 3.63) is 29.8 Å². The Bertz CT molecular complexity index is 493. The maximum absolute atomic E-state index is 12.1. The molecule has 0 aliphatic carbocycles. The zero-order valence-corrected chi connectivity index (χ0v) is 11.9. The minimum atomic E-state index is -0.260. The number of carbonyl (C=O) groups is 2. The standard InChI is InChI=1S/C14H17ClN2O3/c15-9-13(18)16-6-5-14(19)17-7-8-20-12-4-2-1-3-11(12)10-17/h1-4H,5-10H2,(H,16,18). The van der Waals surface area contributed by atoms with Crippen molar-refractivity contribution in [2.45, 2.75) is 13.0 Å². The Kier molecular flexibility index (Phi) is 5.24. The van der Waals surface area contributed by atoms with Gasteiger partial charge in [-0.1, -0.05) is 18.2 Å². The van der Waals surface area contributed by atoms with Crippen molar-refractivity contribution in [2.24, 2.45) is 0 Å². The number of benzene rings is 1. The van der Waals surface area contributed by atoms with Crippen molar-refractivity contribution in [1.29, 1.82) is 0 Å². The molecular formula is C14H17ClN2O3. The summed E-state index contributed by atoms with van der Waals surface area (Å²) in [6, 6.07) is 7.70. The number of nitrogens with zero attached hydrogens (tertiary/aromatic N) is 1. The summed E-state index contributed by atoms with van der Waals surface area (Å²) in [5.41, 5.74) is 1.00. The first-order valence-electron chi connectivity index (χ1n) is 6.52. The van der Waals surface area contributed by atoms with Gasteiger partial charge in [0.25, 0.3) is 0 Å². The number of carbonyl (C=O) groups excluding carboxylic acids is 2. The largest absolute Gasteiger partial charge is 0.491 e. The quantitative estimate of drug-likeness (QED) is 0.848. The van der Waals surface area contributed by atoms with Crippen LogP contribution in [0.15, 0.2) is 24.3 Å². The van der Waals surface area contributed by atoms with Crippen LogP contribution in [-0.4, -0.2) is 42.3 Å². The lowest BCUT2D eigenvalue weighted by Crippen LogP contribution is -2.35. The predicted octanol–water partition coefficient (Wildman–Crippen LogP) is 1.15. The van der Waals surface area contributed by atoms with Crippen LogP contribution in [0.25, 0.3) is 0 Å². The van der Waals surface area contributed by atoms with E-state index >= 15 is 0 Å². The van der Waals surface area contributed by atoms with Crippen molar-refractivity contribution in [2.75, 3.05) is 25.6 Å². The summed E-state index contributed by atoms with van der Waals surface area (Å²) < 4.78 is 5.61. The lowest BCUT2D eigenvalue weighted by Gasteiger charge is -2.19. The molecule has 1 aromatic carbocycles. The number of nitrogens with one attached hydrogen (secondary N) is 1. The highest BCUT2D eigenvalue weighted by molar-refractivity contribution is 6.27. The van der Waals surface area contributed by atoms with Gasteiger partial charge in [0.05, 0.1) is 6.54 Å². The number of fused-ring (bicyclic) bond motifs is 1. The number of hydrogen-bond acceptors (Lipinski definition) is 3. The van der Waals surface area contributed by atoms with E-state index in [0.717, 1.165) is 11.3 Å². The first-order chi connectivity index (χ1) is 9.70. The van der Waals surface area contributed by atoms with Crippen molar-refractivity contribution in [3.63, 3.8) is 0 Å². The van der Waals surface area contributed by atoms with Gasteiger partial charge < -0.3 is 15.0 Å². The number of amides is 2. The van der Waals surface area contributed by atoms with Crippen LogP contribution in [0.5, 0.6) is 5.75 Å². The zero-order valence-electron chi connectivity index (χ0n) is 11.1. The van der Waals surface area contributed by atoms with Crippen molar-refractivity contribution < 1.29 is 14.3 Å². The summed E-state index contributed by atoms with van der Waals surface area (Å²) in [7, 11) is 0. The predicted molar refractivity (Wildman–Crippen MR) is 75.7 cm³/mol. The van der Waals surface area contributed by atoms with E-state index in [4.69, 9.17) is 16.3 Å². The fraction of sp³-hybridized carbons (Fsp3) is 0.429. The second-order valence-electron chi connectivity index (χ2n) is 4.51. The summed E-state index contributed by atoms with van der Waals surface area (Å²) in [6.07, 6.45) is 0.269. The van der Waals surface area contributed by atoms with E-state index in [1.54, 1.807) is 4.90 Å². The third-order valence-electron chi connectivity index (χ3n) is 3.09. The topological polar surface area (TPSA) is 58.6 Å². The summed E-state index contributed by atoms with van der Waals surface area (Å²) >= 11 is 5.37. The van der Waals surface area contributed by atoms with Gasteiger partial charge in [-0.15, -0.1) is 11.6 Å². The SMILES string of the molecule is O=C(CCl)NCCC(=O)N1CCOc2ccccc2C1. The van der Waals surface area contributed by atoms with Gasteiger partial charge in [0, 0.05) is 25.1 Å². The maximum Gasteiger partial charge on any atom is 0.234 e. The Labute approximate surface area is 122 Å². The summed E-state index contributed by atoms with van der Waals surface area (Å²) in [5.74, 6) is 0.487. The van der Waals surface area contributed by atoms with Crippen LogP contribution in [0, 0.1) is 0 Å². The smallest absolute Gasteiger partial charge is 0.234 e. The Morgan fingerprint density at radius 3 is 2.95 bits per heavy atom. The molecule has 0 atom stereocenters. The fourth-order valence-corrected chi connectivity index (χ4v) is 2.15. The Morgan fingerprint density at radius 1 is 1.35 bits per heavy atom. The van der Waals surface area contributed by atoms with Gasteiger partial charge in [-0.3, -0.25) is 9.59 Å². The van der Waals surface area contributed by atoms with Crippen LogP contribution in [-0.2, 0) is 16.1 Å². The highest BCUT2D eigenvalue weighted by Crippen LogP contribution is 2.22. The zero-order chi connectivity index (χ0) is 14.4. The van der Waals surface area contributed by atoms with Crippen LogP contribution in [0.1, 0.15) is 12.0 Å². The second-order valence-corrected chi connectivity index (χ2v) is 4.77. The minimum Gasteiger partial charge on any atom is -0.491 e. The van der Waals surface area contributed by atoms with Gasteiger partial charge in [-0.05, 0) is 6.07 Å². The molecule has 6 heteroatoms. The first kappa shape index (κ1) is 14.7. The van der Waals surface area contributed by atoms with E-state index in [9.17, 15) is 9.59 Å². The average molecular weight is 297 g/mol. The molecule has 2 amide bonds. The molecular weight excluding hydrogens is 280 g/mol. The van der Waals surface area contributed by atoms with Crippen LogP contribution in [0.3, 0.4) is 0 Å². The van der Waals surface area contributed by atoms with Gasteiger partial charge in [0.1, 0.15) is 18.2 Å². The van der Waals surface area contributed by atoms with E-state index in [1.165, 1.54) is 0 Å². The molecule has 0 bridgehead atoms. The normalized spacial score (nSPS) is 13.9. The molecule has 1 heterocycles. The third-order valence-corrected chi connectivity index (χ3v) is 3.33. The number of rotatable bonds is 4. The summed E-state index contributed by atoms with van der Waals surface area (Å²) in [4.78, 5) is 24.9. The minimum absolute atomic E-state index is 0.000163. The number of hydrogen-bond donors (Lipinski definition) is 1. The molecule has 0 fully saturated rings. The number of alkyl halides is 1. The summed E-state index contributed by atoms with van der Waals surface area (Å²) in [5, 5.41) is 2.59. The van der Waals surface area contributed by atoms with E-state index in [0.29, 0.717) is 26.2 Å². The van der Waals surface area contributed by atoms with E-state index in [1.807, 2.05) is 24.3 Å². The molecule has 1 aliphatic heterocycles. The van der Waals surface area contributed by atoms with Gasteiger partial charge in [-0.25, -0.2) is 0 Å². The number of halogens is 1. The average Bonchev–Trinajstić information content (AvgIpc) is 2.69. The van der Waals surface area contributed by atoms with Crippen LogP contribution < -0.4 is 10.1 Å². The molecule has 1 aromatic rings. The van der Waals surface area contributed by atoms with Gasteiger partial charge in [0.15, 0.2) is 0 Å². The molecule has 2 rings (SSSR count). The second kappa shape index (κ2) is 7.14. The molecule has 0 spiro atoms. The highest BCUT2D eigenvalue weighted by atomic mass is 35.5. The first-order valence-corrected chi connectivity index (χ1v) is 7.05. The molecule has 108 valence electrons. The molecule has 0 saturated carbocycles. The Balaban J connectivity index is 1.89. The fourth-order valence-electron chi connectivity index (χ4n) is 2.05. The van der Waals surface area contributed by atoms with Crippen LogP contribution in [0.2, 0.25) is 0 Å². The Hall–Kier alpha value is -1.75. The maximum atomic E-state index is 12.1. The van der Waals surface area contributed by atoms with Gasteiger partial charge >= 0.3 is 0 Å². The Morgan fingerprint density at radius 2 is 2.15 bits per heavy atom. The molecule has 20 heavy (non-hydrogen) atoms. The molecule has 5 nitrogen and oxygen atoms in total. The van der Waals surface area contributed by atoms with Crippen LogP contribution >= 0.6 is 11.6 Å². The summed E-state index contributed by atoms with van der Waals surface area (Å²) in [6.45, 7) is 1.88. The van der Waals surface area contributed by atoms with Crippen molar-refractivity contribution >= 4 is 23.4 Å². The molecule has 0 aromatic heterocycles. The molecule has 1 N–H and O–H groups in total. The van der Waals surface area contributed by atoms with E-state index in [2.05, 4.69) is 5.32 Å². The van der Waals surface area contributed by atoms with Crippen LogP contribution in [0.4, 0.5) is 0 Å². The third kappa shape index (κ3) is 3.87. The van der Waals surface area contributed by atoms with E-state index < -0.39 is 0 Å². The van der Waals surface area contributed by atoms with E-state index in [-0.39, 0.29) is 24.1 Å². The molecule has 0 radical (unpaired) electrons. The highest BCUT2D eigenvalue weighted by Gasteiger charge is 2.19. The number of para-hydroxylation sites is 1. The van der Waals surface area contributed by atoms with Gasteiger partial charge in [-0.2, -0.15) is 0 Å². The molecule has 1 aliphatic rings. The molecule has 0 unspecified atom stereocenters. The lowest BCUT2D eigenvalue weighted by molar-refractivity contribution is -0.131. The molecule has 0 saturated heterocycles. The van der Waals surface area contributed by atoms with Crippen molar-refractivity contribution in [1.82, 2.24) is 10.2 Å². The lowest BCUT2D eigenvalue weighted by atomic mass is 10.2.